The SMILES string of the molecule is CN(CC(=O)NC(=O)NCc1ccccc1)Cc1ccc2ccccc2c1. The maximum absolute atomic E-state index is 12.1. The second-order valence-corrected chi connectivity index (χ2v) is 6.57. The van der Waals surface area contributed by atoms with E-state index in [1.54, 1.807) is 0 Å². The highest BCUT2D eigenvalue weighted by Crippen LogP contribution is 2.16. The van der Waals surface area contributed by atoms with Gasteiger partial charge in [-0.3, -0.25) is 15.0 Å². The second kappa shape index (κ2) is 8.96. The molecule has 0 aliphatic heterocycles. The van der Waals surface area contributed by atoms with Crippen molar-refractivity contribution in [3.05, 3.63) is 83.9 Å². The number of hydrogen-bond donors (Lipinski definition) is 2. The van der Waals surface area contributed by atoms with E-state index in [9.17, 15) is 9.59 Å². The number of benzene rings is 3. The molecule has 0 saturated carbocycles. The third-order valence-corrected chi connectivity index (χ3v) is 4.23. The number of nitrogens with zero attached hydrogens (tertiary/aromatic N) is 1. The van der Waals surface area contributed by atoms with E-state index >= 15 is 0 Å². The van der Waals surface area contributed by atoms with Crippen LogP contribution in [0.3, 0.4) is 0 Å². The third kappa shape index (κ3) is 5.66. The zero-order chi connectivity index (χ0) is 19.1. The first-order valence-electron chi connectivity index (χ1n) is 8.88. The van der Waals surface area contributed by atoms with Crippen LogP contribution in [-0.2, 0) is 17.9 Å². The fourth-order valence-corrected chi connectivity index (χ4v) is 2.94. The van der Waals surface area contributed by atoms with Gasteiger partial charge < -0.3 is 5.32 Å². The molecule has 3 aromatic rings. The number of nitrogens with one attached hydrogen (secondary N) is 2. The first-order chi connectivity index (χ1) is 13.1. The Morgan fingerprint density at radius 1 is 0.852 bits per heavy atom. The molecule has 0 atom stereocenters. The van der Waals surface area contributed by atoms with Gasteiger partial charge in [0.25, 0.3) is 0 Å². The molecule has 0 aliphatic carbocycles. The van der Waals surface area contributed by atoms with Crippen molar-refractivity contribution in [2.75, 3.05) is 13.6 Å². The van der Waals surface area contributed by atoms with E-state index in [0.717, 1.165) is 11.1 Å². The summed E-state index contributed by atoms with van der Waals surface area (Å²) in [6.07, 6.45) is 0. The van der Waals surface area contributed by atoms with Crippen molar-refractivity contribution >= 4 is 22.7 Å². The normalized spacial score (nSPS) is 10.7. The Hall–Kier alpha value is -3.18. The minimum Gasteiger partial charge on any atom is -0.334 e. The van der Waals surface area contributed by atoms with Crippen LogP contribution in [0.5, 0.6) is 0 Å². The standard InChI is InChI=1S/C22H23N3O2/c1-25(15-18-11-12-19-9-5-6-10-20(19)13-18)16-21(26)24-22(27)23-14-17-7-3-2-4-8-17/h2-13H,14-16H2,1H3,(H2,23,24,26,27). The fourth-order valence-electron chi connectivity index (χ4n) is 2.94. The van der Waals surface area contributed by atoms with Crippen LogP contribution in [0.2, 0.25) is 0 Å². The predicted octanol–water partition coefficient (Wildman–Crippen LogP) is 3.30. The first-order valence-corrected chi connectivity index (χ1v) is 8.88. The number of fused-ring (bicyclic) bond motifs is 1. The Bertz CT molecular complexity index is 925. The van der Waals surface area contributed by atoms with Gasteiger partial charge in [-0.1, -0.05) is 66.7 Å². The highest BCUT2D eigenvalue weighted by molar-refractivity contribution is 5.95. The lowest BCUT2D eigenvalue weighted by Crippen LogP contribution is -2.43. The summed E-state index contributed by atoms with van der Waals surface area (Å²) in [7, 11) is 1.86. The molecule has 0 aliphatic rings. The lowest BCUT2D eigenvalue weighted by atomic mass is 10.1. The molecule has 0 saturated heterocycles. The molecule has 0 fully saturated rings. The first kappa shape index (κ1) is 18.6. The van der Waals surface area contributed by atoms with Gasteiger partial charge in [0, 0.05) is 13.1 Å². The summed E-state index contributed by atoms with van der Waals surface area (Å²) in [4.78, 5) is 25.8. The van der Waals surface area contributed by atoms with Gasteiger partial charge in [-0.2, -0.15) is 0 Å². The van der Waals surface area contributed by atoms with Crippen molar-refractivity contribution < 1.29 is 9.59 Å². The maximum Gasteiger partial charge on any atom is 0.321 e. The van der Waals surface area contributed by atoms with Crippen LogP contribution in [-0.4, -0.2) is 30.4 Å². The molecule has 0 aromatic heterocycles. The molecule has 0 heterocycles. The number of hydrogen-bond acceptors (Lipinski definition) is 3. The van der Waals surface area contributed by atoms with Crippen LogP contribution < -0.4 is 10.6 Å². The van der Waals surface area contributed by atoms with Gasteiger partial charge in [-0.15, -0.1) is 0 Å². The largest absolute Gasteiger partial charge is 0.334 e. The van der Waals surface area contributed by atoms with Crippen LogP contribution in [0, 0.1) is 0 Å². The van der Waals surface area contributed by atoms with Gasteiger partial charge in [-0.05, 0) is 35.0 Å². The molecule has 3 amide bonds. The highest BCUT2D eigenvalue weighted by atomic mass is 16.2. The molecular weight excluding hydrogens is 338 g/mol. The summed E-state index contributed by atoms with van der Waals surface area (Å²) in [5, 5.41) is 7.41. The molecule has 3 aromatic carbocycles. The Kier molecular flexibility index (Phi) is 6.18. The molecule has 0 radical (unpaired) electrons. The van der Waals surface area contributed by atoms with Gasteiger partial charge in [-0.25, -0.2) is 4.79 Å². The van der Waals surface area contributed by atoms with Crippen LogP contribution >= 0.6 is 0 Å². The van der Waals surface area contributed by atoms with Gasteiger partial charge in [0.05, 0.1) is 6.54 Å². The van der Waals surface area contributed by atoms with Crippen LogP contribution in [0.4, 0.5) is 4.79 Å². The fraction of sp³-hybridized carbons (Fsp3) is 0.182. The lowest BCUT2D eigenvalue weighted by molar-refractivity contribution is -0.120. The predicted molar refractivity (Wildman–Crippen MR) is 107 cm³/mol. The smallest absolute Gasteiger partial charge is 0.321 e. The third-order valence-electron chi connectivity index (χ3n) is 4.23. The summed E-state index contributed by atoms with van der Waals surface area (Å²) in [6.45, 7) is 1.16. The van der Waals surface area contributed by atoms with E-state index in [4.69, 9.17) is 0 Å². The van der Waals surface area contributed by atoms with Crippen LogP contribution in [0.1, 0.15) is 11.1 Å². The topological polar surface area (TPSA) is 61.4 Å². The summed E-state index contributed by atoms with van der Waals surface area (Å²) >= 11 is 0. The van der Waals surface area contributed by atoms with Gasteiger partial charge in [0.2, 0.25) is 5.91 Å². The summed E-state index contributed by atoms with van der Waals surface area (Å²) in [6, 6.07) is 23.5. The van der Waals surface area contributed by atoms with E-state index in [0.29, 0.717) is 13.1 Å². The summed E-state index contributed by atoms with van der Waals surface area (Å²) in [5.41, 5.74) is 2.10. The molecule has 5 nitrogen and oxygen atoms in total. The number of carbonyl (C=O) groups is 2. The number of likely N-dealkylation sites (N-methyl/N-ethyl adjacent to an activating group) is 1. The van der Waals surface area contributed by atoms with Crippen molar-refractivity contribution in [3.8, 4) is 0 Å². The minimum atomic E-state index is -0.483. The van der Waals surface area contributed by atoms with Crippen molar-refractivity contribution in [3.63, 3.8) is 0 Å². The van der Waals surface area contributed by atoms with Gasteiger partial charge in [0.1, 0.15) is 0 Å². The summed E-state index contributed by atoms with van der Waals surface area (Å²) < 4.78 is 0. The molecule has 2 N–H and O–H groups in total. The number of imide groups is 1. The average Bonchev–Trinajstić information content (AvgIpc) is 2.67. The second-order valence-electron chi connectivity index (χ2n) is 6.57. The molecule has 0 bridgehead atoms. The number of urea groups is 1. The zero-order valence-corrected chi connectivity index (χ0v) is 15.3. The Morgan fingerprint density at radius 3 is 2.33 bits per heavy atom. The van der Waals surface area contributed by atoms with E-state index in [1.165, 1.54) is 10.8 Å². The zero-order valence-electron chi connectivity index (χ0n) is 15.3. The number of rotatable bonds is 6. The van der Waals surface area contributed by atoms with E-state index < -0.39 is 6.03 Å². The average molecular weight is 361 g/mol. The molecule has 138 valence electrons. The monoisotopic (exact) mass is 361 g/mol. The van der Waals surface area contributed by atoms with Crippen LogP contribution in [0.15, 0.2) is 72.8 Å². The molecule has 5 heteroatoms. The Morgan fingerprint density at radius 2 is 1.56 bits per heavy atom. The lowest BCUT2D eigenvalue weighted by Gasteiger charge is -2.16. The maximum atomic E-state index is 12.1. The van der Waals surface area contributed by atoms with Gasteiger partial charge in [0.15, 0.2) is 0 Å². The quantitative estimate of drug-likeness (QED) is 0.708. The number of carbonyl (C=O) groups excluding carboxylic acids is 2. The Balaban J connectivity index is 1.45. The van der Waals surface area contributed by atoms with Crippen molar-refractivity contribution in [2.45, 2.75) is 13.1 Å². The molecule has 0 spiro atoms. The van der Waals surface area contributed by atoms with Crippen molar-refractivity contribution in [2.24, 2.45) is 0 Å². The van der Waals surface area contributed by atoms with Crippen LogP contribution in [0.25, 0.3) is 10.8 Å². The van der Waals surface area contributed by atoms with E-state index in [2.05, 4.69) is 41.0 Å². The van der Waals surface area contributed by atoms with E-state index in [1.807, 2.05) is 54.4 Å². The number of amides is 3. The minimum absolute atomic E-state index is 0.144. The van der Waals surface area contributed by atoms with Crippen molar-refractivity contribution in [1.82, 2.24) is 15.5 Å². The highest BCUT2D eigenvalue weighted by Gasteiger charge is 2.11. The van der Waals surface area contributed by atoms with Gasteiger partial charge >= 0.3 is 6.03 Å². The molecular formula is C22H23N3O2. The van der Waals surface area contributed by atoms with Crippen molar-refractivity contribution in [1.29, 1.82) is 0 Å². The van der Waals surface area contributed by atoms with E-state index in [-0.39, 0.29) is 12.5 Å². The Labute approximate surface area is 159 Å². The molecule has 0 unspecified atom stereocenters. The molecule has 3 rings (SSSR count). The molecule has 27 heavy (non-hydrogen) atoms. The summed E-state index contributed by atoms with van der Waals surface area (Å²) in [5.74, 6) is -0.330.